The van der Waals surface area contributed by atoms with Crippen molar-refractivity contribution in [2.24, 2.45) is 0 Å². The Labute approximate surface area is 107 Å². The molecule has 0 aliphatic heterocycles. The molecule has 0 aliphatic rings. The lowest BCUT2D eigenvalue weighted by molar-refractivity contribution is 0.217. The Bertz CT molecular complexity index is 493. The minimum atomic E-state index is 0.0308. The van der Waals surface area contributed by atoms with Crippen molar-refractivity contribution in [3.05, 3.63) is 36.0 Å². The fraction of sp³-hybridized carbons (Fsp3) is 0.286. The standard InChI is InChI=1S/C14H15N3O/c1-3-11(2)18-14-6-4-5-13(7-14)17-10-12(8-15)9-16/h4-7,10-11,17H,3H2,1-2H3. The van der Waals surface area contributed by atoms with Crippen molar-refractivity contribution >= 4 is 5.69 Å². The summed E-state index contributed by atoms with van der Waals surface area (Å²) < 4.78 is 5.67. The molecule has 0 radical (unpaired) electrons. The van der Waals surface area contributed by atoms with E-state index in [4.69, 9.17) is 15.3 Å². The van der Waals surface area contributed by atoms with Crippen LogP contribution < -0.4 is 10.1 Å². The van der Waals surface area contributed by atoms with Crippen molar-refractivity contribution in [1.29, 1.82) is 10.5 Å². The highest BCUT2D eigenvalue weighted by molar-refractivity contribution is 5.52. The number of nitrogens with zero attached hydrogens (tertiary/aromatic N) is 2. The van der Waals surface area contributed by atoms with Crippen molar-refractivity contribution in [2.75, 3.05) is 5.32 Å². The number of nitriles is 2. The number of ether oxygens (including phenoxy) is 1. The maximum Gasteiger partial charge on any atom is 0.145 e. The van der Waals surface area contributed by atoms with Crippen molar-refractivity contribution in [2.45, 2.75) is 26.4 Å². The first-order valence-electron chi connectivity index (χ1n) is 5.73. The lowest BCUT2D eigenvalue weighted by Gasteiger charge is -2.13. The van der Waals surface area contributed by atoms with Gasteiger partial charge in [0, 0.05) is 18.0 Å². The molecule has 1 unspecified atom stereocenters. The molecule has 0 heterocycles. The molecule has 4 nitrogen and oxygen atoms in total. The third-order valence-electron chi connectivity index (χ3n) is 2.37. The highest BCUT2D eigenvalue weighted by Crippen LogP contribution is 2.19. The predicted molar refractivity (Wildman–Crippen MR) is 69.8 cm³/mol. The molecule has 0 saturated heterocycles. The van der Waals surface area contributed by atoms with Crippen LogP contribution in [0.1, 0.15) is 20.3 Å². The van der Waals surface area contributed by atoms with Gasteiger partial charge in [-0.05, 0) is 25.5 Å². The first-order valence-corrected chi connectivity index (χ1v) is 5.73. The van der Waals surface area contributed by atoms with Gasteiger partial charge < -0.3 is 10.1 Å². The summed E-state index contributed by atoms with van der Waals surface area (Å²) in [6.45, 7) is 4.06. The summed E-state index contributed by atoms with van der Waals surface area (Å²) in [7, 11) is 0. The molecule has 4 heteroatoms. The van der Waals surface area contributed by atoms with E-state index in [-0.39, 0.29) is 11.7 Å². The third-order valence-corrected chi connectivity index (χ3v) is 2.37. The molecular weight excluding hydrogens is 226 g/mol. The van der Waals surface area contributed by atoms with Gasteiger partial charge in [-0.3, -0.25) is 0 Å². The van der Waals surface area contributed by atoms with E-state index in [1.165, 1.54) is 6.20 Å². The van der Waals surface area contributed by atoms with Gasteiger partial charge in [0.25, 0.3) is 0 Å². The highest BCUT2D eigenvalue weighted by Gasteiger charge is 2.01. The van der Waals surface area contributed by atoms with Crippen LogP contribution in [0.3, 0.4) is 0 Å². The largest absolute Gasteiger partial charge is 0.491 e. The zero-order chi connectivity index (χ0) is 13.4. The van der Waals surface area contributed by atoms with Gasteiger partial charge in [0.1, 0.15) is 23.5 Å². The first kappa shape index (κ1) is 13.6. The minimum Gasteiger partial charge on any atom is -0.491 e. The average molecular weight is 241 g/mol. The van der Waals surface area contributed by atoms with Crippen LogP contribution in [0.5, 0.6) is 5.75 Å². The van der Waals surface area contributed by atoms with Gasteiger partial charge in [0.15, 0.2) is 0 Å². The molecule has 0 bridgehead atoms. The summed E-state index contributed by atoms with van der Waals surface area (Å²) in [5.41, 5.74) is 0.807. The fourth-order valence-corrected chi connectivity index (χ4v) is 1.22. The van der Waals surface area contributed by atoms with Crippen LogP contribution in [0.15, 0.2) is 36.0 Å². The maximum absolute atomic E-state index is 8.60. The van der Waals surface area contributed by atoms with E-state index in [0.717, 1.165) is 17.9 Å². The summed E-state index contributed by atoms with van der Waals surface area (Å²) in [5.74, 6) is 0.762. The van der Waals surface area contributed by atoms with Crippen LogP contribution >= 0.6 is 0 Å². The van der Waals surface area contributed by atoms with Gasteiger partial charge in [-0.1, -0.05) is 13.0 Å². The van der Waals surface area contributed by atoms with E-state index in [1.807, 2.05) is 31.2 Å². The van der Waals surface area contributed by atoms with Crippen molar-refractivity contribution < 1.29 is 4.74 Å². The second-order valence-electron chi connectivity index (χ2n) is 3.79. The van der Waals surface area contributed by atoms with E-state index in [2.05, 4.69) is 12.2 Å². The lowest BCUT2D eigenvalue weighted by Crippen LogP contribution is -2.09. The van der Waals surface area contributed by atoms with Crippen molar-refractivity contribution in [1.82, 2.24) is 0 Å². The molecule has 1 atom stereocenters. The number of hydrogen-bond acceptors (Lipinski definition) is 4. The van der Waals surface area contributed by atoms with E-state index in [0.29, 0.717) is 0 Å². The summed E-state index contributed by atoms with van der Waals surface area (Å²) in [5, 5.41) is 20.1. The Balaban J connectivity index is 2.75. The van der Waals surface area contributed by atoms with Gasteiger partial charge in [0.05, 0.1) is 6.10 Å². The van der Waals surface area contributed by atoms with Crippen LogP contribution in [-0.2, 0) is 0 Å². The number of allylic oxidation sites excluding steroid dienone is 1. The van der Waals surface area contributed by atoms with E-state index < -0.39 is 0 Å². The Morgan fingerprint density at radius 3 is 2.78 bits per heavy atom. The molecular formula is C14H15N3O. The minimum absolute atomic E-state index is 0.0308. The van der Waals surface area contributed by atoms with Gasteiger partial charge in [-0.2, -0.15) is 10.5 Å². The van der Waals surface area contributed by atoms with Crippen LogP contribution in [0, 0.1) is 22.7 Å². The van der Waals surface area contributed by atoms with Crippen LogP contribution in [0.2, 0.25) is 0 Å². The zero-order valence-electron chi connectivity index (χ0n) is 10.5. The SMILES string of the molecule is CCC(C)Oc1cccc(NC=C(C#N)C#N)c1. The van der Waals surface area contributed by atoms with Crippen LogP contribution in [0.4, 0.5) is 5.69 Å². The van der Waals surface area contributed by atoms with Crippen molar-refractivity contribution in [3.8, 4) is 17.9 Å². The Hall–Kier alpha value is -2.46. The normalized spacial score (nSPS) is 10.7. The maximum atomic E-state index is 8.60. The molecule has 1 aromatic carbocycles. The van der Waals surface area contributed by atoms with E-state index in [9.17, 15) is 0 Å². The molecule has 1 rings (SSSR count). The third kappa shape index (κ3) is 4.19. The van der Waals surface area contributed by atoms with Gasteiger partial charge in [0.2, 0.25) is 0 Å². The molecule has 1 aromatic rings. The number of nitrogens with one attached hydrogen (secondary N) is 1. The lowest BCUT2D eigenvalue weighted by atomic mass is 10.2. The Morgan fingerprint density at radius 1 is 1.44 bits per heavy atom. The van der Waals surface area contributed by atoms with Gasteiger partial charge >= 0.3 is 0 Å². The summed E-state index contributed by atoms with van der Waals surface area (Å²) in [4.78, 5) is 0. The zero-order valence-corrected chi connectivity index (χ0v) is 10.5. The smallest absolute Gasteiger partial charge is 0.145 e. The van der Waals surface area contributed by atoms with E-state index >= 15 is 0 Å². The van der Waals surface area contributed by atoms with Gasteiger partial charge in [-0.15, -0.1) is 0 Å². The molecule has 0 aliphatic carbocycles. The molecule has 18 heavy (non-hydrogen) atoms. The number of anilines is 1. The predicted octanol–water partition coefficient (Wildman–Crippen LogP) is 3.21. The second-order valence-corrected chi connectivity index (χ2v) is 3.79. The molecule has 0 saturated carbocycles. The monoisotopic (exact) mass is 241 g/mol. The Morgan fingerprint density at radius 2 is 2.17 bits per heavy atom. The molecule has 1 N–H and O–H groups in total. The number of rotatable bonds is 5. The quantitative estimate of drug-likeness (QED) is 0.804. The van der Waals surface area contributed by atoms with Crippen LogP contribution in [0.25, 0.3) is 0 Å². The van der Waals surface area contributed by atoms with Crippen molar-refractivity contribution in [3.63, 3.8) is 0 Å². The topological polar surface area (TPSA) is 68.8 Å². The van der Waals surface area contributed by atoms with E-state index in [1.54, 1.807) is 12.1 Å². The average Bonchev–Trinajstić information content (AvgIpc) is 2.40. The van der Waals surface area contributed by atoms with Gasteiger partial charge in [-0.25, -0.2) is 0 Å². The molecule has 0 aromatic heterocycles. The molecule has 0 amide bonds. The highest BCUT2D eigenvalue weighted by atomic mass is 16.5. The summed E-state index contributed by atoms with van der Waals surface area (Å²) >= 11 is 0. The number of hydrogen-bond donors (Lipinski definition) is 1. The Kier molecular flexibility index (Phi) is 5.28. The molecule has 92 valence electrons. The number of benzene rings is 1. The first-order chi connectivity index (χ1) is 8.69. The summed E-state index contributed by atoms with van der Waals surface area (Å²) in [6.07, 6.45) is 2.47. The molecule has 0 spiro atoms. The van der Waals surface area contributed by atoms with Crippen LogP contribution in [-0.4, -0.2) is 6.10 Å². The fourth-order valence-electron chi connectivity index (χ4n) is 1.22. The summed E-state index contributed by atoms with van der Waals surface area (Å²) in [6, 6.07) is 11.0. The second kappa shape index (κ2) is 6.98. The molecule has 0 fully saturated rings.